The number of pyridine rings is 1. The molecule has 3 rings (SSSR count). The average molecular weight is 338 g/mol. The monoisotopic (exact) mass is 338 g/mol. The van der Waals surface area contributed by atoms with Crippen LogP contribution in [-0.2, 0) is 4.79 Å². The van der Waals surface area contributed by atoms with E-state index in [4.69, 9.17) is 0 Å². The van der Waals surface area contributed by atoms with Gasteiger partial charge in [-0.25, -0.2) is 9.97 Å². The summed E-state index contributed by atoms with van der Waals surface area (Å²) in [5.41, 5.74) is 2.20. The number of aromatic nitrogens is 2. The fourth-order valence-corrected chi connectivity index (χ4v) is 2.78. The van der Waals surface area contributed by atoms with Crippen LogP contribution in [0.1, 0.15) is 17.3 Å². The highest BCUT2D eigenvalue weighted by Gasteiger charge is 2.11. The van der Waals surface area contributed by atoms with Crippen LogP contribution in [0.5, 0.6) is 0 Å². The van der Waals surface area contributed by atoms with Gasteiger partial charge in [-0.3, -0.25) is 14.9 Å². The van der Waals surface area contributed by atoms with Gasteiger partial charge in [0.05, 0.1) is 5.69 Å². The van der Waals surface area contributed by atoms with Gasteiger partial charge < -0.3 is 5.32 Å². The van der Waals surface area contributed by atoms with E-state index in [1.807, 2.05) is 35.7 Å². The molecule has 0 saturated heterocycles. The molecule has 6 nitrogen and oxygen atoms in total. The van der Waals surface area contributed by atoms with E-state index >= 15 is 0 Å². The van der Waals surface area contributed by atoms with Crippen LogP contribution in [0.25, 0.3) is 11.3 Å². The number of amides is 2. The van der Waals surface area contributed by atoms with Crippen molar-refractivity contribution in [3.63, 3.8) is 0 Å². The number of nitrogens with one attached hydrogen (secondary N) is 2. The zero-order chi connectivity index (χ0) is 16.9. The molecular formula is C17H14N4O2S. The lowest BCUT2D eigenvalue weighted by Gasteiger charge is -2.04. The molecule has 0 spiro atoms. The minimum atomic E-state index is -0.307. The third-order valence-electron chi connectivity index (χ3n) is 3.12. The topological polar surface area (TPSA) is 84.0 Å². The van der Waals surface area contributed by atoms with Crippen molar-refractivity contribution in [1.82, 2.24) is 9.97 Å². The second kappa shape index (κ2) is 7.01. The first-order chi connectivity index (χ1) is 11.6. The summed E-state index contributed by atoms with van der Waals surface area (Å²) in [5, 5.41) is 7.70. The van der Waals surface area contributed by atoms with E-state index in [0.717, 1.165) is 11.3 Å². The fourth-order valence-electron chi connectivity index (χ4n) is 2.06. The fraction of sp³-hybridized carbons (Fsp3) is 0.0588. The average Bonchev–Trinajstić information content (AvgIpc) is 3.04. The summed E-state index contributed by atoms with van der Waals surface area (Å²) in [5.74, 6) is -0.218. The molecule has 7 heteroatoms. The van der Waals surface area contributed by atoms with Crippen LogP contribution in [0.4, 0.5) is 10.9 Å². The molecule has 24 heavy (non-hydrogen) atoms. The molecule has 0 unspecified atom stereocenters. The lowest BCUT2D eigenvalue weighted by Crippen LogP contribution is -2.13. The minimum Gasteiger partial charge on any atom is -0.311 e. The van der Waals surface area contributed by atoms with E-state index in [-0.39, 0.29) is 11.8 Å². The summed E-state index contributed by atoms with van der Waals surface area (Å²) in [6.07, 6.45) is 1.47. The van der Waals surface area contributed by atoms with Gasteiger partial charge in [-0.2, -0.15) is 0 Å². The van der Waals surface area contributed by atoms with Gasteiger partial charge in [-0.1, -0.05) is 30.3 Å². The molecule has 0 aliphatic rings. The van der Waals surface area contributed by atoms with Crippen molar-refractivity contribution in [3.05, 3.63) is 59.6 Å². The van der Waals surface area contributed by atoms with E-state index in [1.54, 1.807) is 6.07 Å². The molecule has 1 aromatic carbocycles. The normalized spacial score (nSPS) is 10.2. The van der Waals surface area contributed by atoms with Gasteiger partial charge in [0.2, 0.25) is 5.91 Å². The number of hydrogen-bond acceptors (Lipinski definition) is 5. The lowest BCUT2D eigenvalue weighted by molar-refractivity contribution is -0.114. The van der Waals surface area contributed by atoms with Gasteiger partial charge in [0.15, 0.2) is 5.13 Å². The van der Waals surface area contributed by atoms with Crippen molar-refractivity contribution in [3.8, 4) is 11.3 Å². The second-order valence-corrected chi connectivity index (χ2v) is 5.83. The van der Waals surface area contributed by atoms with Gasteiger partial charge in [-0.15, -0.1) is 11.3 Å². The molecule has 0 aliphatic carbocycles. The summed E-state index contributed by atoms with van der Waals surface area (Å²) in [7, 11) is 0. The highest BCUT2D eigenvalue weighted by Crippen LogP contribution is 2.25. The molecular weight excluding hydrogens is 324 g/mol. The smallest absolute Gasteiger partial charge is 0.257 e. The zero-order valence-electron chi connectivity index (χ0n) is 12.8. The lowest BCUT2D eigenvalue weighted by atomic mass is 10.2. The maximum absolute atomic E-state index is 12.3. The first-order valence-corrected chi connectivity index (χ1v) is 8.06. The molecule has 2 N–H and O–H groups in total. The van der Waals surface area contributed by atoms with Gasteiger partial charge in [0, 0.05) is 29.6 Å². The molecule has 2 heterocycles. The Kier molecular flexibility index (Phi) is 4.62. The number of thiazole rings is 1. The predicted molar refractivity (Wildman–Crippen MR) is 94.0 cm³/mol. The van der Waals surface area contributed by atoms with Gasteiger partial charge >= 0.3 is 0 Å². The van der Waals surface area contributed by atoms with Crippen molar-refractivity contribution < 1.29 is 9.59 Å². The van der Waals surface area contributed by atoms with Crippen LogP contribution in [0.15, 0.2) is 54.0 Å². The largest absolute Gasteiger partial charge is 0.311 e. The second-order valence-electron chi connectivity index (χ2n) is 4.97. The molecule has 0 saturated carbocycles. The number of hydrogen-bond donors (Lipinski definition) is 2. The molecule has 3 aromatic rings. The molecule has 0 aliphatic heterocycles. The van der Waals surface area contributed by atoms with Crippen LogP contribution < -0.4 is 10.6 Å². The number of anilines is 2. The van der Waals surface area contributed by atoms with Crippen LogP contribution in [-0.4, -0.2) is 21.8 Å². The maximum Gasteiger partial charge on any atom is 0.257 e. The van der Waals surface area contributed by atoms with E-state index in [1.165, 1.54) is 30.5 Å². The quantitative estimate of drug-likeness (QED) is 0.763. The van der Waals surface area contributed by atoms with Crippen molar-refractivity contribution >= 4 is 34.1 Å². The SMILES string of the molecule is CC(=O)Nc1cc(C(=O)Nc2nc(-c3ccccc3)cs2)ccn1. The van der Waals surface area contributed by atoms with E-state index < -0.39 is 0 Å². The third kappa shape index (κ3) is 3.82. The Bertz CT molecular complexity index is 877. The number of carbonyl (C=O) groups excluding carboxylic acids is 2. The number of benzene rings is 1. The van der Waals surface area contributed by atoms with Crippen LogP contribution in [0, 0.1) is 0 Å². The highest BCUT2D eigenvalue weighted by molar-refractivity contribution is 7.14. The van der Waals surface area contributed by atoms with Gasteiger partial charge in [0.25, 0.3) is 5.91 Å². The predicted octanol–water partition coefficient (Wildman–Crippen LogP) is 3.42. The van der Waals surface area contributed by atoms with Crippen molar-refractivity contribution in [2.75, 3.05) is 10.6 Å². The summed E-state index contributed by atoms with van der Waals surface area (Å²) < 4.78 is 0. The Morgan fingerprint density at radius 1 is 1.08 bits per heavy atom. The van der Waals surface area contributed by atoms with Crippen molar-refractivity contribution in [1.29, 1.82) is 0 Å². The molecule has 2 aromatic heterocycles. The van der Waals surface area contributed by atoms with Crippen molar-refractivity contribution in [2.45, 2.75) is 6.92 Å². The standard InChI is InChI=1S/C17H14N4O2S/c1-11(22)19-15-9-13(7-8-18-15)16(23)21-17-20-14(10-24-17)12-5-3-2-4-6-12/h2-10H,1H3,(H,18,19,22)(H,20,21,23). The van der Waals surface area contributed by atoms with E-state index in [9.17, 15) is 9.59 Å². The number of carbonyl (C=O) groups is 2. The third-order valence-corrected chi connectivity index (χ3v) is 3.88. The Labute approximate surface area is 142 Å². The number of rotatable bonds is 4. The van der Waals surface area contributed by atoms with Gasteiger partial charge in [0.1, 0.15) is 5.82 Å². The number of nitrogens with zero attached hydrogens (tertiary/aromatic N) is 2. The summed E-state index contributed by atoms with van der Waals surface area (Å²) in [6, 6.07) is 12.8. The Morgan fingerprint density at radius 3 is 2.62 bits per heavy atom. The molecule has 2 amide bonds. The van der Waals surface area contributed by atoms with Crippen LogP contribution in [0.2, 0.25) is 0 Å². The molecule has 0 fully saturated rings. The summed E-state index contributed by atoms with van der Waals surface area (Å²) in [6.45, 7) is 1.38. The van der Waals surface area contributed by atoms with Crippen molar-refractivity contribution in [2.24, 2.45) is 0 Å². The molecule has 120 valence electrons. The molecule has 0 radical (unpaired) electrons. The Morgan fingerprint density at radius 2 is 1.88 bits per heavy atom. The Hall–Kier alpha value is -3.06. The first-order valence-electron chi connectivity index (χ1n) is 7.18. The van der Waals surface area contributed by atoms with Crippen LogP contribution in [0.3, 0.4) is 0 Å². The van der Waals surface area contributed by atoms with E-state index in [0.29, 0.717) is 16.5 Å². The van der Waals surface area contributed by atoms with Crippen LogP contribution >= 0.6 is 11.3 Å². The molecule has 0 atom stereocenters. The molecule has 0 bridgehead atoms. The zero-order valence-corrected chi connectivity index (χ0v) is 13.6. The maximum atomic E-state index is 12.3. The Balaban J connectivity index is 1.73. The summed E-state index contributed by atoms with van der Waals surface area (Å²) >= 11 is 1.35. The highest BCUT2D eigenvalue weighted by atomic mass is 32.1. The van der Waals surface area contributed by atoms with E-state index in [2.05, 4.69) is 20.6 Å². The van der Waals surface area contributed by atoms with Gasteiger partial charge in [-0.05, 0) is 12.1 Å². The first kappa shape index (κ1) is 15.8. The minimum absolute atomic E-state index is 0.243. The summed E-state index contributed by atoms with van der Waals surface area (Å²) in [4.78, 5) is 31.8.